The van der Waals surface area contributed by atoms with Crippen molar-refractivity contribution in [2.75, 3.05) is 13.2 Å². The topological polar surface area (TPSA) is 9.23 Å². The van der Waals surface area contributed by atoms with Gasteiger partial charge < -0.3 is 4.74 Å². The molecule has 15 heavy (non-hydrogen) atoms. The molecule has 82 valence electrons. The molecular weight excluding hydrogens is 184 g/mol. The van der Waals surface area contributed by atoms with Gasteiger partial charge in [0, 0.05) is 13.2 Å². The number of ether oxygens (including phenoxy) is 1. The summed E-state index contributed by atoms with van der Waals surface area (Å²) in [6.45, 7) is 4.09. The minimum absolute atomic E-state index is 0.792. The van der Waals surface area contributed by atoms with Crippen molar-refractivity contribution < 1.29 is 4.74 Å². The van der Waals surface area contributed by atoms with Gasteiger partial charge >= 0.3 is 0 Å². The van der Waals surface area contributed by atoms with Crippen LogP contribution in [0.25, 0.3) is 0 Å². The van der Waals surface area contributed by atoms with Crippen molar-refractivity contribution in [3.63, 3.8) is 0 Å². The van der Waals surface area contributed by atoms with Crippen LogP contribution < -0.4 is 0 Å². The molecule has 0 spiro atoms. The molecule has 1 heteroatoms. The minimum atomic E-state index is 0.792. The second-order valence-corrected chi connectivity index (χ2v) is 4.61. The van der Waals surface area contributed by atoms with Crippen LogP contribution in [-0.4, -0.2) is 13.2 Å². The number of hydrogen-bond donors (Lipinski definition) is 0. The van der Waals surface area contributed by atoms with Gasteiger partial charge in [0.15, 0.2) is 0 Å². The molecule has 0 aromatic heterocycles. The Labute approximate surface area is 92.5 Å². The van der Waals surface area contributed by atoms with E-state index < -0.39 is 0 Å². The number of rotatable bonds is 3. The van der Waals surface area contributed by atoms with E-state index in [4.69, 9.17) is 4.74 Å². The third-order valence-electron chi connectivity index (χ3n) is 3.22. The summed E-state index contributed by atoms with van der Waals surface area (Å²) in [4.78, 5) is 0. The predicted molar refractivity (Wildman–Crippen MR) is 63.0 cm³/mol. The molecule has 1 aliphatic rings. The van der Waals surface area contributed by atoms with Crippen molar-refractivity contribution in [1.82, 2.24) is 0 Å². The van der Waals surface area contributed by atoms with Crippen LogP contribution in [0.15, 0.2) is 24.3 Å². The lowest BCUT2D eigenvalue weighted by atomic mass is 9.94. The normalized spacial score (nSPS) is 21.5. The molecule has 1 aromatic carbocycles. The Hall–Kier alpha value is -0.820. The molecule has 1 heterocycles. The Bertz CT molecular complexity index is 283. The predicted octanol–water partition coefficient (Wildman–Crippen LogP) is 3.35. The number of aryl methyl sites for hydroxylation is 2. The fourth-order valence-corrected chi connectivity index (χ4v) is 2.16. The second kappa shape index (κ2) is 5.32. The van der Waals surface area contributed by atoms with Gasteiger partial charge in [0.1, 0.15) is 0 Å². The highest BCUT2D eigenvalue weighted by atomic mass is 16.5. The van der Waals surface area contributed by atoms with Crippen molar-refractivity contribution in [2.24, 2.45) is 5.92 Å². The average molecular weight is 204 g/mol. The summed E-state index contributed by atoms with van der Waals surface area (Å²) < 4.78 is 5.49. The smallest absolute Gasteiger partial charge is 0.0494 e. The van der Waals surface area contributed by atoms with Gasteiger partial charge in [-0.05, 0) is 44.1 Å². The molecule has 1 aromatic rings. The van der Waals surface area contributed by atoms with E-state index >= 15 is 0 Å². The first-order valence-electron chi connectivity index (χ1n) is 5.98. The van der Waals surface area contributed by atoms with Crippen molar-refractivity contribution in [1.29, 1.82) is 0 Å². The maximum atomic E-state index is 5.49. The molecule has 2 rings (SSSR count). The van der Waals surface area contributed by atoms with E-state index in [1.807, 2.05) is 0 Å². The van der Waals surface area contributed by atoms with E-state index in [1.54, 1.807) is 0 Å². The summed E-state index contributed by atoms with van der Waals surface area (Å²) in [7, 11) is 0. The fourth-order valence-electron chi connectivity index (χ4n) is 2.16. The highest BCUT2D eigenvalue weighted by Gasteiger charge is 2.13. The third-order valence-corrected chi connectivity index (χ3v) is 3.22. The Morgan fingerprint density at radius 1 is 1.27 bits per heavy atom. The largest absolute Gasteiger partial charge is 0.381 e. The van der Waals surface area contributed by atoms with E-state index in [0.29, 0.717) is 0 Å². The van der Waals surface area contributed by atoms with Crippen molar-refractivity contribution >= 4 is 0 Å². The van der Waals surface area contributed by atoms with Crippen LogP contribution in [0.1, 0.15) is 30.4 Å². The van der Waals surface area contributed by atoms with Gasteiger partial charge in [-0.3, -0.25) is 0 Å². The molecule has 0 N–H and O–H groups in total. The molecule has 1 saturated heterocycles. The summed E-state index contributed by atoms with van der Waals surface area (Å²) in [6, 6.07) is 8.90. The van der Waals surface area contributed by atoms with E-state index in [9.17, 15) is 0 Å². The molecule has 0 radical (unpaired) electrons. The van der Waals surface area contributed by atoms with Crippen LogP contribution in [0.2, 0.25) is 0 Å². The van der Waals surface area contributed by atoms with Crippen molar-refractivity contribution in [2.45, 2.75) is 32.6 Å². The van der Waals surface area contributed by atoms with Crippen LogP contribution in [0.5, 0.6) is 0 Å². The van der Waals surface area contributed by atoms with Crippen LogP contribution >= 0.6 is 0 Å². The van der Waals surface area contributed by atoms with Crippen molar-refractivity contribution in [3.8, 4) is 0 Å². The molecule has 1 fully saturated rings. The average Bonchev–Trinajstić information content (AvgIpc) is 2.30. The monoisotopic (exact) mass is 204 g/mol. The summed E-state index contributed by atoms with van der Waals surface area (Å²) in [6.07, 6.45) is 5.09. The Morgan fingerprint density at radius 3 is 2.73 bits per heavy atom. The van der Waals surface area contributed by atoms with Gasteiger partial charge in [0.05, 0.1) is 0 Å². The van der Waals surface area contributed by atoms with Gasteiger partial charge in [-0.1, -0.05) is 29.8 Å². The van der Waals surface area contributed by atoms with Gasteiger partial charge in [0.25, 0.3) is 0 Å². The summed E-state index contributed by atoms with van der Waals surface area (Å²) in [5, 5.41) is 0. The molecule has 1 aliphatic heterocycles. The molecule has 0 saturated carbocycles. The third kappa shape index (κ3) is 3.35. The highest BCUT2D eigenvalue weighted by Crippen LogP contribution is 2.19. The molecule has 1 atom stereocenters. The van der Waals surface area contributed by atoms with Gasteiger partial charge in [-0.15, -0.1) is 0 Å². The number of hydrogen-bond acceptors (Lipinski definition) is 1. The molecule has 1 nitrogen and oxygen atoms in total. The van der Waals surface area contributed by atoms with Crippen LogP contribution in [0, 0.1) is 12.8 Å². The van der Waals surface area contributed by atoms with Crippen molar-refractivity contribution in [3.05, 3.63) is 35.4 Å². The van der Waals surface area contributed by atoms with Crippen LogP contribution in [0.3, 0.4) is 0 Å². The van der Waals surface area contributed by atoms with Gasteiger partial charge in [-0.25, -0.2) is 0 Å². The summed E-state index contributed by atoms with van der Waals surface area (Å²) in [5.41, 5.74) is 2.81. The maximum Gasteiger partial charge on any atom is 0.0494 e. The van der Waals surface area contributed by atoms with E-state index in [0.717, 1.165) is 19.1 Å². The lowest BCUT2D eigenvalue weighted by Crippen LogP contribution is -2.17. The lowest BCUT2D eigenvalue weighted by Gasteiger charge is -2.21. The van der Waals surface area contributed by atoms with Crippen LogP contribution in [-0.2, 0) is 11.2 Å². The molecule has 1 unspecified atom stereocenters. The lowest BCUT2D eigenvalue weighted by molar-refractivity contribution is 0.0518. The van der Waals surface area contributed by atoms with E-state index in [1.165, 1.54) is 36.8 Å². The first kappa shape index (κ1) is 10.7. The zero-order valence-corrected chi connectivity index (χ0v) is 9.54. The fraction of sp³-hybridized carbons (Fsp3) is 0.571. The summed E-state index contributed by atoms with van der Waals surface area (Å²) >= 11 is 0. The van der Waals surface area contributed by atoms with Gasteiger partial charge in [0.2, 0.25) is 0 Å². The Balaban J connectivity index is 1.79. The first-order chi connectivity index (χ1) is 7.34. The van der Waals surface area contributed by atoms with E-state index in [-0.39, 0.29) is 0 Å². The second-order valence-electron chi connectivity index (χ2n) is 4.61. The first-order valence-corrected chi connectivity index (χ1v) is 5.98. The number of benzene rings is 1. The molecule has 0 amide bonds. The minimum Gasteiger partial charge on any atom is -0.381 e. The quantitative estimate of drug-likeness (QED) is 0.733. The summed E-state index contributed by atoms with van der Waals surface area (Å²) in [5.74, 6) is 0.792. The maximum absolute atomic E-state index is 5.49. The SMILES string of the molecule is Cc1ccc(CCC2CCCOC2)cc1. The highest BCUT2D eigenvalue weighted by molar-refractivity contribution is 5.21. The molecule has 0 aliphatic carbocycles. The Kier molecular flexibility index (Phi) is 3.79. The zero-order valence-electron chi connectivity index (χ0n) is 9.54. The molecular formula is C14H20O. The van der Waals surface area contributed by atoms with E-state index in [2.05, 4.69) is 31.2 Å². The van der Waals surface area contributed by atoms with Gasteiger partial charge in [-0.2, -0.15) is 0 Å². The Morgan fingerprint density at radius 2 is 2.07 bits per heavy atom. The van der Waals surface area contributed by atoms with Crippen LogP contribution in [0.4, 0.5) is 0 Å². The zero-order chi connectivity index (χ0) is 10.5. The standard InChI is InChI=1S/C14H20O/c1-12-4-6-13(7-5-12)8-9-14-3-2-10-15-11-14/h4-7,14H,2-3,8-11H2,1H3. The molecule has 0 bridgehead atoms.